The highest BCUT2D eigenvalue weighted by atomic mass is 16.2. The molecule has 2 heterocycles. The highest BCUT2D eigenvalue weighted by molar-refractivity contribution is 5.92. The van der Waals surface area contributed by atoms with Gasteiger partial charge in [-0.05, 0) is 33.8 Å². The van der Waals surface area contributed by atoms with E-state index >= 15 is 0 Å². The molecular formula is C18H22N6O2. The number of aromatic nitrogens is 5. The highest BCUT2D eigenvalue weighted by Crippen LogP contribution is 2.12. The average molecular weight is 354 g/mol. The summed E-state index contributed by atoms with van der Waals surface area (Å²) in [6, 6.07) is 7.00. The minimum absolute atomic E-state index is 0.178. The quantitative estimate of drug-likeness (QED) is 0.767. The normalized spacial score (nSPS) is 12.9. The van der Waals surface area contributed by atoms with Gasteiger partial charge in [-0.2, -0.15) is 5.10 Å². The number of carbonyl (C=O) groups is 1. The van der Waals surface area contributed by atoms with E-state index in [1.54, 1.807) is 23.1 Å². The first-order chi connectivity index (χ1) is 12.3. The fourth-order valence-electron chi connectivity index (χ4n) is 2.56. The van der Waals surface area contributed by atoms with Gasteiger partial charge < -0.3 is 5.32 Å². The number of rotatable bonds is 4. The van der Waals surface area contributed by atoms with Crippen LogP contribution in [0.25, 0.3) is 10.8 Å². The second kappa shape index (κ2) is 6.70. The van der Waals surface area contributed by atoms with Gasteiger partial charge in [-0.3, -0.25) is 9.59 Å². The van der Waals surface area contributed by atoms with E-state index in [0.29, 0.717) is 5.39 Å². The van der Waals surface area contributed by atoms with Crippen LogP contribution >= 0.6 is 0 Å². The van der Waals surface area contributed by atoms with Gasteiger partial charge in [0.15, 0.2) is 5.69 Å². The predicted molar refractivity (Wildman–Crippen MR) is 97.9 cm³/mol. The third-order valence-electron chi connectivity index (χ3n) is 4.00. The molecule has 2 aromatic heterocycles. The van der Waals surface area contributed by atoms with Crippen LogP contribution in [0.15, 0.2) is 41.5 Å². The summed E-state index contributed by atoms with van der Waals surface area (Å²) in [7, 11) is 0. The van der Waals surface area contributed by atoms with Crippen LogP contribution in [0.2, 0.25) is 0 Å². The monoisotopic (exact) mass is 354 g/mol. The number of nitrogens with zero attached hydrogens (tertiary/aromatic N) is 5. The maximum absolute atomic E-state index is 12.5. The minimum Gasteiger partial charge on any atom is -0.346 e. The van der Waals surface area contributed by atoms with Crippen LogP contribution in [0, 0.1) is 0 Å². The van der Waals surface area contributed by atoms with Crippen molar-refractivity contribution in [2.75, 3.05) is 0 Å². The van der Waals surface area contributed by atoms with E-state index < -0.39 is 0 Å². The summed E-state index contributed by atoms with van der Waals surface area (Å²) in [6.07, 6.45) is 3.27. The Bertz CT molecular complexity index is 999. The van der Waals surface area contributed by atoms with Gasteiger partial charge in [0.25, 0.3) is 11.5 Å². The minimum atomic E-state index is -0.332. The van der Waals surface area contributed by atoms with Crippen LogP contribution in [0.1, 0.15) is 38.2 Å². The molecule has 0 aliphatic carbocycles. The molecule has 26 heavy (non-hydrogen) atoms. The Morgan fingerprint density at radius 1 is 1.27 bits per heavy atom. The molecule has 1 aromatic carbocycles. The number of nitrogens with one attached hydrogen (secondary N) is 1. The molecule has 0 saturated heterocycles. The van der Waals surface area contributed by atoms with Crippen LogP contribution in [0.3, 0.4) is 0 Å². The number of carbonyl (C=O) groups excluding carboxylic acids is 1. The molecule has 0 radical (unpaired) electrons. The molecule has 0 saturated carbocycles. The maximum atomic E-state index is 12.5. The molecule has 1 amide bonds. The molecule has 3 rings (SSSR count). The lowest BCUT2D eigenvalue weighted by atomic mass is 10.1. The van der Waals surface area contributed by atoms with E-state index in [1.165, 1.54) is 4.68 Å². The Morgan fingerprint density at radius 2 is 2.00 bits per heavy atom. The molecule has 0 aliphatic rings. The molecule has 136 valence electrons. The van der Waals surface area contributed by atoms with Crippen LogP contribution in [-0.2, 0) is 12.1 Å². The molecule has 0 aliphatic heterocycles. The Morgan fingerprint density at radius 3 is 2.69 bits per heavy atom. The number of amides is 1. The zero-order valence-corrected chi connectivity index (χ0v) is 15.3. The zero-order chi connectivity index (χ0) is 18.9. The van der Waals surface area contributed by atoms with Gasteiger partial charge in [0.05, 0.1) is 29.9 Å². The SMILES string of the molecule is C[C@@H](Cn1ncc2ccccc2c1=O)NC(=O)c1cn(C(C)(C)C)nn1. The lowest BCUT2D eigenvalue weighted by Gasteiger charge is -2.17. The van der Waals surface area contributed by atoms with E-state index in [4.69, 9.17) is 0 Å². The molecule has 0 fully saturated rings. The van der Waals surface area contributed by atoms with E-state index in [9.17, 15) is 9.59 Å². The van der Waals surface area contributed by atoms with Crippen molar-refractivity contribution in [3.63, 3.8) is 0 Å². The van der Waals surface area contributed by atoms with Crippen molar-refractivity contribution in [3.05, 3.63) is 52.7 Å². The van der Waals surface area contributed by atoms with Crippen molar-refractivity contribution >= 4 is 16.7 Å². The second-order valence-electron chi connectivity index (χ2n) is 7.31. The Labute approximate surface area is 150 Å². The van der Waals surface area contributed by atoms with Gasteiger partial charge in [0, 0.05) is 11.4 Å². The standard InChI is InChI=1S/C18H22N6O2/c1-12(20-16(25)15-11-24(22-21-15)18(2,3)4)10-23-17(26)14-8-6-5-7-13(14)9-19-23/h5-9,11-12H,10H2,1-4H3,(H,20,25)/t12-/m0/s1. The lowest BCUT2D eigenvalue weighted by Crippen LogP contribution is -2.39. The van der Waals surface area contributed by atoms with Gasteiger partial charge >= 0.3 is 0 Å². The van der Waals surface area contributed by atoms with E-state index in [0.717, 1.165) is 5.39 Å². The van der Waals surface area contributed by atoms with Crippen molar-refractivity contribution in [2.45, 2.75) is 45.8 Å². The summed E-state index contributed by atoms with van der Waals surface area (Å²) >= 11 is 0. The van der Waals surface area contributed by atoms with Crippen molar-refractivity contribution in [1.29, 1.82) is 0 Å². The summed E-state index contributed by atoms with van der Waals surface area (Å²) < 4.78 is 3.00. The van der Waals surface area contributed by atoms with E-state index in [2.05, 4.69) is 20.7 Å². The number of fused-ring (bicyclic) bond motifs is 1. The van der Waals surface area contributed by atoms with E-state index in [1.807, 2.05) is 45.9 Å². The summed E-state index contributed by atoms with van der Waals surface area (Å²) in [5, 5.41) is 16.3. The number of hydrogen-bond donors (Lipinski definition) is 1. The molecule has 0 unspecified atom stereocenters. The van der Waals surface area contributed by atoms with Crippen molar-refractivity contribution < 1.29 is 4.79 Å². The second-order valence-corrected chi connectivity index (χ2v) is 7.31. The summed E-state index contributed by atoms with van der Waals surface area (Å²) in [6.45, 7) is 8.01. The lowest BCUT2D eigenvalue weighted by molar-refractivity contribution is 0.0930. The van der Waals surface area contributed by atoms with Gasteiger partial charge in [-0.25, -0.2) is 9.36 Å². The number of hydrogen-bond acceptors (Lipinski definition) is 5. The third kappa shape index (κ3) is 3.63. The molecule has 3 aromatic rings. The third-order valence-corrected chi connectivity index (χ3v) is 4.00. The van der Waals surface area contributed by atoms with Crippen molar-refractivity contribution in [2.24, 2.45) is 0 Å². The Hall–Kier alpha value is -3.03. The summed E-state index contributed by atoms with van der Waals surface area (Å²) in [5.41, 5.74) is -0.187. The van der Waals surface area contributed by atoms with Gasteiger partial charge in [0.2, 0.25) is 0 Å². The Balaban J connectivity index is 1.72. The maximum Gasteiger partial charge on any atom is 0.274 e. The largest absolute Gasteiger partial charge is 0.346 e. The topological polar surface area (TPSA) is 94.7 Å². The molecule has 1 N–H and O–H groups in total. The van der Waals surface area contributed by atoms with E-state index in [-0.39, 0.29) is 35.3 Å². The molecule has 8 heteroatoms. The summed E-state index contributed by atoms with van der Waals surface area (Å²) in [5.74, 6) is -0.332. The first-order valence-corrected chi connectivity index (χ1v) is 8.44. The van der Waals surface area contributed by atoms with Gasteiger partial charge in [-0.15, -0.1) is 5.10 Å². The van der Waals surface area contributed by atoms with Crippen LogP contribution < -0.4 is 10.9 Å². The summed E-state index contributed by atoms with van der Waals surface area (Å²) in [4.78, 5) is 24.8. The van der Waals surface area contributed by atoms with Crippen LogP contribution in [0.4, 0.5) is 0 Å². The smallest absolute Gasteiger partial charge is 0.274 e. The Kier molecular flexibility index (Phi) is 4.58. The molecule has 8 nitrogen and oxygen atoms in total. The first kappa shape index (κ1) is 17.8. The molecule has 0 bridgehead atoms. The number of benzene rings is 1. The van der Waals surface area contributed by atoms with Crippen molar-refractivity contribution in [1.82, 2.24) is 30.1 Å². The first-order valence-electron chi connectivity index (χ1n) is 8.44. The molecular weight excluding hydrogens is 332 g/mol. The van der Waals surface area contributed by atoms with Crippen LogP contribution in [0.5, 0.6) is 0 Å². The van der Waals surface area contributed by atoms with Crippen LogP contribution in [-0.4, -0.2) is 36.7 Å². The fourth-order valence-corrected chi connectivity index (χ4v) is 2.56. The van der Waals surface area contributed by atoms with Gasteiger partial charge in [0.1, 0.15) is 0 Å². The molecule has 0 spiro atoms. The predicted octanol–water partition coefficient (Wildman–Crippen LogP) is 1.56. The van der Waals surface area contributed by atoms with Crippen molar-refractivity contribution in [3.8, 4) is 0 Å². The average Bonchev–Trinajstić information content (AvgIpc) is 3.08. The van der Waals surface area contributed by atoms with Gasteiger partial charge in [-0.1, -0.05) is 23.4 Å². The zero-order valence-electron chi connectivity index (χ0n) is 15.3. The highest BCUT2D eigenvalue weighted by Gasteiger charge is 2.19. The molecule has 1 atom stereocenters. The fraction of sp³-hybridized carbons (Fsp3) is 0.389.